The highest BCUT2D eigenvalue weighted by atomic mass is 32.2. The Balaban J connectivity index is 1.35. The van der Waals surface area contributed by atoms with Crippen LogP contribution in [0.4, 0.5) is 5.69 Å². The van der Waals surface area contributed by atoms with E-state index in [0.717, 1.165) is 27.9 Å². The Labute approximate surface area is 190 Å². The van der Waals surface area contributed by atoms with Gasteiger partial charge in [-0.25, -0.2) is 0 Å². The summed E-state index contributed by atoms with van der Waals surface area (Å²) < 4.78 is 4.53. The van der Waals surface area contributed by atoms with Crippen LogP contribution >= 0.6 is 23.3 Å². The SMILES string of the molecule is Cc1cc(-c2ccc(C(=O)NCc3cccc(NSc4cccs4)c3)cc2)ccc1O. The van der Waals surface area contributed by atoms with Crippen molar-refractivity contribution in [2.24, 2.45) is 0 Å². The lowest BCUT2D eigenvalue weighted by Gasteiger charge is -2.09. The number of aryl methyl sites for hydroxylation is 1. The van der Waals surface area contributed by atoms with Crippen LogP contribution in [0.25, 0.3) is 11.1 Å². The first-order chi connectivity index (χ1) is 15.1. The zero-order chi connectivity index (χ0) is 21.6. The Morgan fingerprint density at radius 3 is 2.52 bits per heavy atom. The number of aromatic hydroxyl groups is 1. The maximum absolute atomic E-state index is 12.6. The van der Waals surface area contributed by atoms with E-state index in [9.17, 15) is 9.90 Å². The number of carbonyl (C=O) groups is 1. The van der Waals surface area contributed by atoms with Crippen molar-refractivity contribution in [3.8, 4) is 16.9 Å². The molecule has 0 atom stereocenters. The van der Waals surface area contributed by atoms with E-state index in [1.54, 1.807) is 29.4 Å². The molecule has 4 rings (SSSR count). The highest BCUT2D eigenvalue weighted by Crippen LogP contribution is 2.26. The molecule has 3 N–H and O–H groups in total. The number of phenols is 1. The lowest BCUT2D eigenvalue weighted by Crippen LogP contribution is -2.22. The molecule has 0 aliphatic heterocycles. The predicted octanol–water partition coefficient (Wildman–Crippen LogP) is 6.48. The van der Waals surface area contributed by atoms with Crippen LogP contribution in [0, 0.1) is 6.92 Å². The number of thiophene rings is 1. The summed E-state index contributed by atoms with van der Waals surface area (Å²) in [4.78, 5) is 12.6. The molecule has 0 aliphatic rings. The molecule has 0 bridgehead atoms. The van der Waals surface area contributed by atoms with Crippen molar-refractivity contribution >= 4 is 34.9 Å². The van der Waals surface area contributed by atoms with Crippen LogP contribution in [0.2, 0.25) is 0 Å². The molecule has 1 heterocycles. The third kappa shape index (κ3) is 5.48. The number of carbonyl (C=O) groups excluding carboxylic acids is 1. The average molecular weight is 447 g/mol. The highest BCUT2D eigenvalue weighted by molar-refractivity contribution is 8.02. The van der Waals surface area contributed by atoms with Gasteiger partial charge in [0.2, 0.25) is 0 Å². The van der Waals surface area contributed by atoms with E-state index in [4.69, 9.17) is 0 Å². The fraction of sp³-hybridized carbons (Fsp3) is 0.0800. The minimum Gasteiger partial charge on any atom is -0.508 e. The first-order valence-corrected chi connectivity index (χ1v) is 11.5. The van der Waals surface area contributed by atoms with Gasteiger partial charge in [0.25, 0.3) is 5.91 Å². The largest absolute Gasteiger partial charge is 0.508 e. The smallest absolute Gasteiger partial charge is 0.251 e. The van der Waals surface area contributed by atoms with Crippen molar-refractivity contribution in [2.75, 3.05) is 4.72 Å². The van der Waals surface area contributed by atoms with Crippen molar-refractivity contribution in [1.29, 1.82) is 0 Å². The Bertz CT molecular complexity index is 1170. The zero-order valence-electron chi connectivity index (χ0n) is 17.0. The third-order valence-corrected chi connectivity index (χ3v) is 6.70. The third-order valence-electron chi connectivity index (χ3n) is 4.82. The van der Waals surface area contributed by atoms with Crippen LogP contribution in [0.5, 0.6) is 5.75 Å². The molecular weight excluding hydrogens is 424 g/mol. The van der Waals surface area contributed by atoms with Crippen molar-refractivity contribution in [2.45, 2.75) is 17.7 Å². The molecule has 156 valence electrons. The average Bonchev–Trinajstić information content (AvgIpc) is 3.32. The number of hydrogen-bond acceptors (Lipinski definition) is 5. The second-order valence-electron chi connectivity index (χ2n) is 7.10. The Morgan fingerprint density at radius 1 is 0.968 bits per heavy atom. The molecule has 1 amide bonds. The van der Waals surface area contributed by atoms with Gasteiger partial charge in [-0.15, -0.1) is 11.3 Å². The standard InChI is InChI=1S/C25H22N2O2S2/c1-17-14-21(11-12-23(17)28)19-7-9-20(10-8-19)25(29)26-16-18-4-2-5-22(15-18)27-31-24-6-3-13-30-24/h2-15,27-28H,16H2,1H3,(H,26,29). The van der Waals surface area contributed by atoms with Gasteiger partial charge in [-0.1, -0.05) is 36.4 Å². The molecule has 0 aliphatic carbocycles. The summed E-state index contributed by atoms with van der Waals surface area (Å²) in [5, 5.41) is 14.7. The molecule has 6 heteroatoms. The van der Waals surface area contributed by atoms with Crippen LogP contribution in [-0.2, 0) is 6.54 Å². The second-order valence-corrected chi connectivity index (χ2v) is 9.15. The topological polar surface area (TPSA) is 61.4 Å². The Kier molecular flexibility index (Phi) is 6.60. The van der Waals surface area contributed by atoms with Crippen molar-refractivity contribution in [3.63, 3.8) is 0 Å². The predicted molar refractivity (Wildman–Crippen MR) is 130 cm³/mol. The van der Waals surface area contributed by atoms with Gasteiger partial charge >= 0.3 is 0 Å². The fourth-order valence-electron chi connectivity index (χ4n) is 3.11. The molecule has 4 aromatic rings. The summed E-state index contributed by atoms with van der Waals surface area (Å²) in [7, 11) is 0. The Morgan fingerprint density at radius 2 is 1.77 bits per heavy atom. The number of anilines is 1. The van der Waals surface area contributed by atoms with Crippen LogP contribution in [0.3, 0.4) is 0 Å². The molecular formula is C25H22N2O2S2. The van der Waals surface area contributed by atoms with Crippen LogP contribution in [0.1, 0.15) is 21.5 Å². The number of hydrogen-bond donors (Lipinski definition) is 3. The number of phenolic OH excluding ortho intramolecular Hbond substituents is 1. The first-order valence-electron chi connectivity index (χ1n) is 9.82. The van der Waals surface area contributed by atoms with Gasteiger partial charge in [0.05, 0.1) is 4.21 Å². The first kappa shape index (κ1) is 21.0. The monoisotopic (exact) mass is 446 g/mol. The molecule has 0 saturated carbocycles. The minimum absolute atomic E-state index is 0.111. The van der Waals surface area contributed by atoms with E-state index in [-0.39, 0.29) is 11.7 Å². The molecule has 4 nitrogen and oxygen atoms in total. The lowest BCUT2D eigenvalue weighted by atomic mass is 10.0. The van der Waals surface area contributed by atoms with E-state index in [1.807, 2.05) is 79.0 Å². The van der Waals surface area contributed by atoms with Gasteiger partial charge < -0.3 is 15.1 Å². The van der Waals surface area contributed by atoms with Crippen LogP contribution in [-0.4, -0.2) is 11.0 Å². The molecule has 0 saturated heterocycles. The highest BCUT2D eigenvalue weighted by Gasteiger charge is 2.07. The van der Waals surface area contributed by atoms with Gasteiger partial charge in [0.1, 0.15) is 5.75 Å². The van der Waals surface area contributed by atoms with E-state index in [2.05, 4.69) is 16.1 Å². The van der Waals surface area contributed by atoms with Crippen molar-refractivity contribution in [1.82, 2.24) is 5.32 Å². The van der Waals surface area contributed by atoms with Gasteiger partial charge in [-0.3, -0.25) is 4.79 Å². The summed E-state index contributed by atoms with van der Waals surface area (Å²) >= 11 is 3.27. The zero-order valence-corrected chi connectivity index (χ0v) is 18.6. The normalized spacial score (nSPS) is 10.6. The number of nitrogens with one attached hydrogen (secondary N) is 2. The Hall–Kier alpha value is -3.22. The number of rotatable bonds is 7. The lowest BCUT2D eigenvalue weighted by molar-refractivity contribution is 0.0951. The molecule has 31 heavy (non-hydrogen) atoms. The van der Waals surface area contributed by atoms with E-state index in [1.165, 1.54) is 4.21 Å². The summed E-state index contributed by atoms with van der Waals surface area (Å²) in [6.45, 7) is 2.32. The van der Waals surface area contributed by atoms with Gasteiger partial charge in [-0.05, 0) is 89.0 Å². The van der Waals surface area contributed by atoms with Crippen LogP contribution in [0.15, 0.2) is 88.5 Å². The summed E-state index contributed by atoms with van der Waals surface area (Å²) in [6, 6.07) is 25.1. The molecule has 3 aromatic carbocycles. The second kappa shape index (κ2) is 9.73. The van der Waals surface area contributed by atoms with Crippen molar-refractivity contribution in [3.05, 3.63) is 101 Å². The van der Waals surface area contributed by atoms with Gasteiger partial charge in [-0.2, -0.15) is 0 Å². The number of benzene rings is 3. The molecule has 0 spiro atoms. The summed E-state index contributed by atoms with van der Waals surface area (Å²) in [5.74, 6) is 0.170. The molecule has 0 unspecified atom stereocenters. The van der Waals surface area contributed by atoms with Crippen molar-refractivity contribution < 1.29 is 9.90 Å². The summed E-state index contributed by atoms with van der Waals surface area (Å²) in [6.07, 6.45) is 0. The molecule has 1 aromatic heterocycles. The molecule has 0 fully saturated rings. The maximum Gasteiger partial charge on any atom is 0.251 e. The van der Waals surface area contributed by atoms with Gasteiger partial charge in [0.15, 0.2) is 0 Å². The fourth-order valence-corrected chi connectivity index (χ4v) is 4.53. The van der Waals surface area contributed by atoms with Crippen LogP contribution < -0.4 is 10.0 Å². The minimum atomic E-state index is -0.111. The van der Waals surface area contributed by atoms with Gasteiger partial charge in [0, 0.05) is 17.8 Å². The van der Waals surface area contributed by atoms with E-state index < -0.39 is 0 Å². The molecule has 0 radical (unpaired) electrons. The maximum atomic E-state index is 12.6. The van der Waals surface area contributed by atoms with E-state index >= 15 is 0 Å². The quantitative estimate of drug-likeness (QED) is 0.284. The van der Waals surface area contributed by atoms with E-state index in [0.29, 0.717) is 12.1 Å². The summed E-state index contributed by atoms with van der Waals surface area (Å²) in [5.41, 5.74) is 5.47. The number of amides is 1.